The van der Waals surface area contributed by atoms with E-state index in [1.165, 1.54) is 19.2 Å². The first-order valence-electron chi connectivity index (χ1n) is 10.1. The van der Waals surface area contributed by atoms with Crippen LogP contribution in [0.25, 0.3) is 0 Å². The van der Waals surface area contributed by atoms with Crippen LogP contribution in [0.5, 0.6) is 5.75 Å². The molecule has 0 unspecified atom stereocenters. The molecule has 0 bridgehead atoms. The highest BCUT2D eigenvalue weighted by Crippen LogP contribution is 2.31. The maximum absolute atomic E-state index is 13.0. The van der Waals surface area contributed by atoms with Gasteiger partial charge in [-0.3, -0.25) is 4.79 Å². The van der Waals surface area contributed by atoms with Gasteiger partial charge in [0, 0.05) is 29.4 Å². The lowest BCUT2D eigenvalue weighted by atomic mass is 10.1. The number of fused-ring (bicyclic) bond motifs is 1. The van der Waals surface area contributed by atoms with Crippen LogP contribution in [0, 0.1) is 6.92 Å². The molecule has 1 aliphatic rings. The number of carbonyl (C=O) groups is 1. The first kappa shape index (κ1) is 22.3. The first-order valence-corrected chi connectivity index (χ1v) is 12.0. The Hall–Kier alpha value is -2.87. The van der Waals surface area contributed by atoms with Crippen LogP contribution in [0.15, 0.2) is 65.6 Å². The van der Waals surface area contributed by atoms with Gasteiger partial charge in [-0.05, 0) is 60.9 Å². The molecule has 6 nitrogen and oxygen atoms in total. The smallest absolute Gasteiger partial charge is 0.258 e. The van der Waals surface area contributed by atoms with Crippen molar-refractivity contribution in [2.45, 2.75) is 24.8 Å². The summed E-state index contributed by atoms with van der Waals surface area (Å²) in [6.07, 6.45) is 0.763. The molecule has 0 aromatic heterocycles. The van der Waals surface area contributed by atoms with Gasteiger partial charge in [-0.25, -0.2) is 13.1 Å². The predicted molar refractivity (Wildman–Crippen MR) is 125 cm³/mol. The Morgan fingerprint density at radius 3 is 2.56 bits per heavy atom. The van der Waals surface area contributed by atoms with E-state index in [1.54, 1.807) is 11.0 Å². The van der Waals surface area contributed by atoms with E-state index in [9.17, 15) is 13.2 Å². The average molecular weight is 471 g/mol. The molecule has 4 rings (SSSR count). The summed E-state index contributed by atoms with van der Waals surface area (Å²) >= 11 is 5.98. The Morgan fingerprint density at radius 1 is 1.09 bits per heavy atom. The zero-order valence-corrected chi connectivity index (χ0v) is 19.3. The minimum atomic E-state index is -3.85. The lowest BCUT2D eigenvalue weighted by molar-refractivity contribution is 0.0989. The Bertz CT molecular complexity index is 1270. The van der Waals surface area contributed by atoms with Crippen LogP contribution in [0.4, 0.5) is 5.69 Å². The molecule has 166 valence electrons. The van der Waals surface area contributed by atoms with Crippen LogP contribution < -0.4 is 14.4 Å². The van der Waals surface area contributed by atoms with Gasteiger partial charge in [0.25, 0.3) is 5.91 Å². The predicted octanol–water partition coefficient (Wildman–Crippen LogP) is 4.34. The quantitative estimate of drug-likeness (QED) is 0.581. The fraction of sp³-hybridized carbons (Fsp3) is 0.208. The second kappa shape index (κ2) is 8.94. The van der Waals surface area contributed by atoms with Crippen molar-refractivity contribution in [2.75, 3.05) is 18.6 Å². The zero-order valence-electron chi connectivity index (χ0n) is 17.8. The van der Waals surface area contributed by atoms with E-state index in [-0.39, 0.29) is 23.1 Å². The first-order chi connectivity index (χ1) is 15.3. The number of halogens is 1. The largest absolute Gasteiger partial charge is 0.495 e. The maximum Gasteiger partial charge on any atom is 0.258 e. The number of carbonyl (C=O) groups excluding carboxylic acids is 1. The molecule has 3 aromatic rings. The summed E-state index contributed by atoms with van der Waals surface area (Å²) < 4.78 is 33.4. The van der Waals surface area contributed by atoms with E-state index >= 15 is 0 Å². The van der Waals surface area contributed by atoms with Gasteiger partial charge in [0.15, 0.2) is 0 Å². The number of sulfonamides is 1. The van der Waals surface area contributed by atoms with Gasteiger partial charge in [-0.1, -0.05) is 41.4 Å². The topological polar surface area (TPSA) is 75.7 Å². The van der Waals surface area contributed by atoms with E-state index in [0.29, 0.717) is 17.1 Å². The minimum absolute atomic E-state index is 0.0233. The van der Waals surface area contributed by atoms with Gasteiger partial charge in [-0.2, -0.15) is 0 Å². The summed E-state index contributed by atoms with van der Waals surface area (Å²) in [5, 5.41) is 0.300. The van der Waals surface area contributed by atoms with E-state index in [1.807, 2.05) is 49.4 Å². The minimum Gasteiger partial charge on any atom is -0.495 e. The van der Waals surface area contributed by atoms with Crippen LogP contribution in [0.2, 0.25) is 5.02 Å². The highest BCUT2D eigenvalue weighted by Gasteiger charge is 2.26. The number of rotatable bonds is 6. The summed E-state index contributed by atoms with van der Waals surface area (Å²) in [4.78, 5) is 14.7. The van der Waals surface area contributed by atoms with Crippen molar-refractivity contribution in [1.82, 2.24) is 4.72 Å². The van der Waals surface area contributed by atoms with E-state index in [4.69, 9.17) is 16.3 Å². The third-order valence-electron chi connectivity index (χ3n) is 5.47. The Labute approximate surface area is 192 Å². The number of nitrogens with one attached hydrogen (secondary N) is 1. The van der Waals surface area contributed by atoms with E-state index in [2.05, 4.69) is 4.72 Å². The molecule has 0 fully saturated rings. The molecule has 8 heteroatoms. The molecular weight excluding hydrogens is 448 g/mol. The average Bonchev–Trinajstić information content (AvgIpc) is 3.21. The van der Waals surface area contributed by atoms with Crippen LogP contribution >= 0.6 is 11.6 Å². The molecule has 0 aliphatic carbocycles. The summed E-state index contributed by atoms with van der Waals surface area (Å²) in [5.74, 6) is 0.149. The molecule has 1 amide bonds. The number of hydrogen-bond acceptors (Lipinski definition) is 4. The molecule has 0 atom stereocenters. The number of nitrogens with zero attached hydrogens (tertiary/aromatic N) is 1. The molecule has 1 aliphatic heterocycles. The number of amides is 1. The standard InChI is InChI=1S/C24H23ClN2O4S/c1-16-3-6-19(7-4-16)24(28)27-12-11-18-8-5-17(13-21(18)27)15-26-32(29,30)23-14-20(25)9-10-22(23)31-2/h3-10,13-14,26H,11-12,15H2,1-2H3. The number of aryl methyl sites for hydroxylation is 1. The zero-order chi connectivity index (χ0) is 22.9. The van der Waals surface area contributed by atoms with Gasteiger partial charge in [0.05, 0.1) is 7.11 Å². The third-order valence-corrected chi connectivity index (χ3v) is 7.13. The molecule has 1 N–H and O–H groups in total. The maximum atomic E-state index is 13.0. The molecular formula is C24H23ClN2O4S. The summed E-state index contributed by atoms with van der Waals surface area (Å²) in [7, 11) is -2.45. The lowest BCUT2D eigenvalue weighted by Gasteiger charge is -2.18. The molecule has 0 saturated carbocycles. The monoisotopic (exact) mass is 470 g/mol. The number of benzene rings is 3. The van der Waals surface area contributed by atoms with Gasteiger partial charge in [-0.15, -0.1) is 0 Å². The lowest BCUT2D eigenvalue weighted by Crippen LogP contribution is -2.29. The van der Waals surface area contributed by atoms with Crippen LogP contribution in [0.3, 0.4) is 0 Å². The second-order valence-corrected chi connectivity index (χ2v) is 9.83. The number of ether oxygens (including phenoxy) is 1. The van der Waals surface area contributed by atoms with Crippen molar-refractivity contribution >= 4 is 33.2 Å². The van der Waals surface area contributed by atoms with Crippen LogP contribution in [-0.2, 0) is 23.0 Å². The Balaban J connectivity index is 1.55. The van der Waals surface area contributed by atoms with E-state index < -0.39 is 10.0 Å². The van der Waals surface area contributed by atoms with Gasteiger partial charge < -0.3 is 9.64 Å². The van der Waals surface area contributed by atoms with Gasteiger partial charge in [0.1, 0.15) is 10.6 Å². The number of methoxy groups -OCH3 is 1. The van der Waals surface area contributed by atoms with Crippen molar-refractivity contribution in [2.24, 2.45) is 0 Å². The summed E-state index contributed by atoms with van der Waals surface area (Å²) in [6, 6.07) is 17.6. The van der Waals surface area contributed by atoms with E-state index in [0.717, 1.165) is 28.8 Å². The fourth-order valence-corrected chi connectivity index (χ4v) is 5.16. The molecule has 0 radical (unpaired) electrons. The Kier molecular flexibility index (Phi) is 6.24. The van der Waals surface area contributed by atoms with Crippen LogP contribution in [0.1, 0.15) is 27.0 Å². The number of anilines is 1. The molecule has 0 saturated heterocycles. The van der Waals surface area contributed by atoms with Crippen molar-refractivity contribution in [3.8, 4) is 5.75 Å². The van der Waals surface area contributed by atoms with Crippen LogP contribution in [-0.4, -0.2) is 28.0 Å². The summed E-state index contributed by atoms with van der Waals surface area (Å²) in [6.45, 7) is 2.64. The highest BCUT2D eigenvalue weighted by atomic mass is 35.5. The molecule has 0 spiro atoms. The van der Waals surface area contributed by atoms with Crippen molar-refractivity contribution in [3.63, 3.8) is 0 Å². The van der Waals surface area contributed by atoms with Crippen molar-refractivity contribution < 1.29 is 17.9 Å². The van der Waals surface area contributed by atoms with Crippen molar-refractivity contribution in [3.05, 3.63) is 87.9 Å². The molecule has 3 aromatic carbocycles. The highest BCUT2D eigenvalue weighted by molar-refractivity contribution is 7.89. The SMILES string of the molecule is COc1ccc(Cl)cc1S(=O)(=O)NCc1ccc2c(c1)N(C(=O)c1ccc(C)cc1)CC2. The molecule has 1 heterocycles. The Morgan fingerprint density at radius 2 is 1.84 bits per heavy atom. The van der Waals surface area contributed by atoms with Gasteiger partial charge >= 0.3 is 0 Å². The fourth-order valence-electron chi connectivity index (χ4n) is 3.71. The normalized spacial score (nSPS) is 13.2. The molecule has 32 heavy (non-hydrogen) atoms. The van der Waals surface area contributed by atoms with Gasteiger partial charge in [0.2, 0.25) is 10.0 Å². The van der Waals surface area contributed by atoms with Crippen molar-refractivity contribution in [1.29, 1.82) is 0 Å². The number of hydrogen-bond donors (Lipinski definition) is 1. The second-order valence-electron chi connectivity index (χ2n) is 7.66. The third kappa shape index (κ3) is 4.50. The summed E-state index contributed by atoms with van der Waals surface area (Å²) in [5.41, 5.74) is 4.34.